The van der Waals surface area contributed by atoms with Gasteiger partial charge in [-0.1, -0.05) is 27.7 Å². The van der Waals surface area contributed by atoms with Gasteiger partial charge < -0.3 is 15.0 Å². The van der Waals surface area contributed by atoms with Gasteiger partial charge in [0, 0.05) is 13.0 Å². The molecule has 1 rings (SSSR count). The summed E-state index contributed by atoms with van der Waals surface area (Å²) in [5, 5.41) is 0. The fourth-order valence-electron chi connectivity index (χ4n) is 1.68. The second-order valence-electron chi connectivity index (χ2n) is 5.25. The summed E-state index contributed by atoms with van der Waals surface area (Å²) in [4.78, 5) is 15.7. The van der Waals surface area contributed by atoms with Crippen molar-refractivity contribution in [3.8, 4) is 0 Å². The molecule has 0 amide bonds. The summed E-state index contributed by atoms with van der Waals surface area (Å²) in [6.45, 7) is 9.06. The summed E-state index contributed by atoms with van der Waals surface area (Å²) in [6, 6.07) is 0. The number of nitrogens with zero attached hydrogens (tertiary/aromatic N) is 2. The van der Waals surface area contributed by atoms with Crippen molar-refractivity contribution < 1.29 is 9.53 Å². The number of hydrogen-bond acceptors (Lipinski definition) is 4. The molecule has 0 spiro atoms. The lowest BCUT2D eigenvalue weighted by Gasteiger charge is -2.21. The lowest BCUT2D eigenvalue weighted by molar-refractivity contribution is 0.0595. The topological polar surface area (TPSA) is 70.1 Å². The molecule has 0 saturated heterocycles. The van der Waals surface area contributed by atoms with Crippen molar-refractivity contribution in [2.24, 2.45) is 5.41 Å². The molecule has 0 atom stereocenters. The molecule has 96 valence electrons. The number of aromatic nitrogens is 2. The highest BCUT2D eigenvalue weighted by atomic mass is 16.5. The van der Waals surface area contributed by atoms with Crippen LogP contribution in [-0.4, -0.2) is 22.6 Å². The van der Waals surface area contributed by atoms with E-state index in [1.165, 1.54) is 7.11 Å². The van der Waals surface area contributed by atoms with E-state index in [2.05, 4.69) is 30.5 Å². The van der Waals surface area contributed by atoms with Gasteiger partial charge in [-0.15, -0.1) is 0 Å². The van der Waals surface area contributed by atoms with Crippen LogP contribution in [0.5, 0.6) is 0 Å². The molecule has 0 fully saturated rings. The highest BCUT2D eigenvalue weighted by molar-refractivity contribution is 5.92. The van der Waals surface area contributed by atoms with Gasteiger partial charge in [-0.3, -0.25) is 0 Å². The number of esters is 1. The van der Waals surface area contributed by atoms with Crippen LogP contribution in [0.15, 0.2) is 0 Å². The van der Waals surface area contributed by atoms with E-state index in [0.29, 0.717) is 5.82 Å². The van der Waals surface area contributed by atoms with Crippen LogP contribution in [0.2, 0.25) is 0 Å². The number of anilines is 1. The molecule has 0 radical (unpaired) electrons. The molecule has 0 unspecified atom stereocenters. The number of nitrogens with two attached hydrogens (primary N) is 1. The molecule has 1 aromatic rings. The minimum atomic E-state index is -0.482. The number of imidazole rings is 1. The summed E-state index contributed by atoms with van der Waals surface area (Å²) in [5.41, 5.74) is 6.25. The largest absolute Gasteiger partial charge is 0.464 e. The molecule has 17 heavy (non-hydrogen) atoms. The highest BCUT2D eigenvalue weighted by Crippen LogP contribution is 2.23. The fourth-order valence-corrected chi connectivity index (χ4v) is 1.68. The molecule has 0 aliphatic heterocycles. The normalized spacial score (nSPS) is 11.6. The van der Waals surface area contributed by atoms with Crippen molar-refractivity contribution >= 4 is 11.8 Å². The molecule has 5 nitrogen and oxygen atoms in total. The smallest absolute Gasteiger partial charge is 0.360 e. The van der Waals surface area contributed by atoms with Crippen molar-refractivity contribution in [1.82, 2.24) is 9.55 Å². The second kappa shape index (κ2) is 4.77. The summed E-state index contributed by atoms with van der Waals surface area (Å²) >= 11 is 0. The van der Waals surface area contributed by atoms with Crippen molar-refractivity contribution in [1.29, 1.82) is 0 Å². The van der Waals surface area contributed by atoms with Gasteiger partial charge in [-0.05, 0) is 5.41 Å². The van der Waals surface area contributed by atoms with E-state index >= 15 is 0 Å². The monoisotopic (exact) mass is 239 g/mol. The fraction of sp³-hybridized carbons (Fsp3) is 0.667. The maximum atomic E-state index is 11.5. The summed E-state index contributed by atoms with van der Waals surface area (Å²) in [7, 11) is 1.33. The first kappa shape index (κ1) is 13.5. The van der Waals surface area contributed by atoms with Crippen LogP contribution >= 0.6 is 0 Å². The Morgan fingerprint density at radius 2 is 2.06 bits per heavy atom. The van der Waals surface area contributed by atoms with Crippen molar-refractivity contribution in [2.75, 3.05) is 12.8 Å². The molecule has 2 N–H and O–H groups in total. The lowest BCUT2D eigenvalue weighted by Crippen LogP contribution is -2.19. The van der Waals surface area contributed by atoms with E-state index in [0.717, 1.165) is 18.8 Å². The Morgan fingerprint density at radius 1 is 1.47 bits per heavy atom. The first-order chi connectivity index (χ1) is 7.80. The maximum absolute atomic E-state index is 11.5. The Balaban J connectivity index is 3.20. The van der Waals surface area contributed by atoms with Crippen LogP contribution in [0.4, 0.5) is 5.82 Å². The summed E-state index contributed by atoms with van der Waals surface area (Å²) in [6.07, 6.45) is 0.733. The number of carbonyl (C=O) groups excluding carboxylic acids is 1. The van der Waals surface area contributed by atoms with E-state index in [4.69, 9.17) is 5.73 Å². The molecule has 1 aromatic heterocycles. The first-order valence-corrected chi connectivity index (χ1v) is 5.73. The van der Waals surface area contributed by atoms with E-state index in [1.54, 1.807) is 0 Å². The number of ether oxygens (including phenoxy) is 1. The minimum absolute atomic E-state index is 0.0755. The molecule has 5 heteroatoms. The third-order valence-corrected chi connectivity index (χ3v) is 2.41. The van der Waals surface area contributed by atoms with Crippen LogP contribution in [0.25, 0.3) is 0 Å². The molecule has 0 bridgehead atoms. The SMILES string of the molecule is CCc1nc(C(=O)OC)c(N)n1CC(C)(C)C. The van der Waals surface area contributed by atoms with Crippen LogP contribution in [0.1, 0.15) is 44.0 Å². The number of carbonyl (C=O) groups is 1. The van der Waals surface area contributed by atoms with E-state index in [9.17, 15) is 4.79 Å². The third-order valence-electron chi connectivity index (χ3n) is 2.41. The van der Waals surface area contributed by atoms with Crippen LogP contribution in [0, 0.1) is 5.41 Å². The Kier molecular flexibility index (Phi) is 3.80. The zero-order valence-corrected chi connectivity index (χ0v) is 11.2. The maximum Gasteiger partial charge on any atom is 0.360 e. The van der Waals surface area contributed by atoms with Crippen molar-refractivity contribution in [2.45, 2.75) is 40.7 Å². The standard InChI is InChI=1S/C12H21N3O2/c1-6-8-14-9(11(16)17-5)10(13)15(8)7-12(2,3)4/h6-7,13H2,1-5H3. The van der Waals surface area contributed by atoms with Gasteiger partial charge in [0.1, 0.15) is 11.6 Å². The summed E-state index contributed by atoms with van der Waals surface area (Å²) < 4.78 is 6.56. The highest BCUT2D eigenvalue weighted by Gasteiger charge is 2.23. The molecule has 0 saturated carbocycles. The number of rotatable bonds is 3. The predicted octanol–water partition coefficient (Wildman–Crippen LogP) is 1.86. The lowest BCUT2D eigenvalue weighted by atomic mass is 9.97. The molecule has 1 heterocycles. The number of methoxy groups -OCH3 is 1. The average Bonchev–Trinajstić information content (AvgIpc) is 2.53. The van der Waals surface area contributed by atoms with Gasteiger partial charge in [0.05, 0.1) is 7.11 Å². The van der Waals surface area contributed by atoms with Gasteiger partial charge in [-0.2, -0.15) is 0 Å². The summed E-state index contributed by atoms with van der Waals surface area (Å²) in [5.74, 6) is 0.728. The second-order valence-corrected chi connectivity index (χ2v) is 5.25. The van der Waals surface area contributed by atoms with Crippen molar-refractivity contribution in [3.05, 3.63) is 11.5 Å². The van der Waals surface area contributed by atoms with Gasteiger partial charge in [0.25, 0.3) is 0 Å². The van der Waals surface area contributed by atoms with Gasteiger partial charge in [-0.25, -0.2) is 9.78 Å². The quantitative estimate of drug-likeness (QED) is 0.817. The Labute approximate surface area is 102 Å². The molecule has 0 aliphatic rings. The van der Waals surface area contributed by atoms with Gasteiger partial charge in [0.2, 0.25) is 0 Å². The average molecular weight is 239 g/mol. The molecule has 0 aliphatic carbocycles. The van der Waals surface area contributed by atoms with E-state index in [1.807, 2.05) is 11.5 Å². The Bertz CT molecular complexity index is 416. The van der Waals surface area contributed by atoms with Gasteiger partial charge in [0.15, 0.2) is 5.69 Å². The Hall–Kier alpha value is -1.52. The molecule has 0 aromatic carbocycles. The number of nitrogen functional groups attached to an aromatic ring is 1. The third kappa shape index (κ3) is 2.99. The minimum Gasteiger partial charge on any atom is -0.464 e. The van der Waals surface area contributed by atoms with Crippen LogP contribution < -0.4 is 5.73 Å². The number of aryl methyl sites for hydroxylation is 1. The Morgan fingerprint density at radius 3 is 2.47 bits per heavy atom. The van der Waals surface area contributed by atoms with Crippen molar-refractivity contribution in [3.63, 3.8) is 0 Å². The van der Waals surface area contributed by atoms with Gasteiger partial charge >= 0.3 is 5.97 Å². The van der Waals surface area contributed by atoms with E-state index < -0.39 is 5.97 Å². The van der Waals surface area contributed by atoms with Crippen LogP contribution in [0.3, 0.4) is 0 Å². The zero-order chi connectivity index (χ0) is 13.2. The first-order valence-electron chi connectivity index (χ1n) is 5.73. The zero-order valence-electron chi connectivity index (χ0n) is 11.2. The van der Waals surface area contributed by atoms with E-state index in [-0.39, 0.29) is 11.1 Å². The molecular formula is C12H21N3O2. The molecular weight excluding hydrogens is 218 g/mol. The number of hydrogen-bond donors (Lipinski definition) is 1. The predicted molar refractivity (Wildman–Crippen MR) is 66.8 cm³/mol. The van der Waals surface area contributed by atoms with Crippen LogP contribution in [-0.2, 0) is 17.7 Å².